The summed E-state index contributed by atoms with van der Waals surface area (Å²) in [6.07, 6.45) is 8.22. The van der Waals surface area contributed by atoms with Crippen molar-refractivity contribution < 1.29 is 13.2 Å². The third-order valence-electron chi connectivity index (χ3n) is 7.74. The first-order chi connectivity index (χ1) is 18.2. The predicted octanol–water partition coefficient (Wildman–Crippen LogP) is 8.10. The number of hydrogen-bond donors (Lipinski definition) is 0. The second-order valence-corrected chi connectivity index (χ2v) is 19.2. The fourth-order valence-electron chi connectivity index (χ4n) is 5.92. The molecule has 0 radical (unpaired) electrons. The molecule has 6 heteroatoms. The highest BCUT2D eigenvalue weighted by molar-refractivity contribution is 7.90. The lowest BCUT2D eigenvalue weighted by Crippen LogP contribution is -2.42. The van der Waals surface area contributed by atoms with Gasteiger partial charge in [0.15, 0.2) is 0 Å². The minimum atomic E-state index is -3.89. The van der Waals surface area contributed by atoms with E-state index in [0.717, 1.165) is 51.6 Å². The third kappa shape index (κ3) is 4.68. The summed E-state index contributed by atoms with van der Waals surface area (Å²) in [5.74, 6) is 0.810. The Hall–Kier alpha value is -3.09. The Bertz CT molecular complexity index is 1770. The average molecular weight is 558 g/mol. The van der Waals surface area contributed by atoms with Crippen LogP contribution in [0.4, 0.5) is 0 Å². The lowest BCUT2D eigenvalue weighted by Gasteiger charge is -2.35. The van der Waals surface area contributed by atoms with Gasteiger partial charge in [0.25, 0.3) is 10.0 Å². The van der Waals surface area contributed by atoms with Crippen molar-refractivity contribution in [1.82, 2.24) is 3.97 Å². The highest BCUT2D eigenvalue weighted by Gasteiger charge is 2.36. The van der Waals surface area contributed by atoms with Crippen LogP contribution in [-0.2, 0) is 10.0 Å². The van der Waals surface area contributed by atoms with Crippen LogP contribution in [0.3, 0.4) is 0 Å². The maximum atomic E-state index is 14.4. The molecular weight excluding hydrogens is 519 g/mol. The summed E-state index contributed by atoms with van der Waals surface area (Å²) in [4.78, 5) is 0.284. The van der Waals surface area contributed by atoms with E-state index in [1.165, 1.54) is 10.8 Å². The van der Waals surface area contributed by atoms with Crippen molar-refractivity contribution >= 4 is 51.2 Å². The number of aryl methyl sites for hydroxylation is 1. The molecule has 204 valence electrons. The second-order valence-electron chi connectivity index (χ2n) is 12.4. The van der Waals surface area contributed by atoms with E-state index in [4.69, 9.17) is 4.74 Å². The smallest absolute Gasteiger partial charge is 0.268 e. The first kappa shape index (κ1) is 27.5. The Morgan fingerprint density at radius 3 is 2.33 bits per heavy atom. The molecule has 4 nitrogen and oxygen atoms in total. The van der Waals surface area contributed by atoms with Crippen LogP contribution < -0.4 is 9.92 Å². The summed E-state index contributed by atoms with van der Waals surface area (Å²) in [5.41, 5.74) is 5.24. The molecule has 4 aromatic rings. The molecular formula is C33H39NO3SSi. The summed E-state index contributed by atoms with van der Waals surface area (Å²) in [6, 6.07) is 15.0. The minimum Gasteiger partial charge on any atom is -0.482 e. The van der Waals surface area contributed by atoms with Crippen LogP contribution in [0.25, 0.3) is 27.9 Å². The van der Waals surface area contributed by atoms with E-state index in [0.29, 0.717) is 5.52 Å². The molecule has 0 aliphatic carbocycles. The molecule has 0 N–H and O–H groups in total. The number of rotatable bonds is 6. The number of fused-ring (bicyclic) bond motifs is 5. The molecule has 0 amide bonds. The van der Waals surface area contributed by atoms with Crippen molar-refractivity contribution in [3.63, 3.8) is 0 Å². The van der Waals surface area contributed by atoms with E-state index >= 15 is 0 Å². The van der Waals surface area contributed by atoms with E-state index in [2.05, 4.69) is 71.6 Å². The SMILES string of the molecule is CC(C)=CCCC1(C)C=Cc2c(c(C)c([Si](C)(C)C)c3c4ccccc4n(S(=O)(=O)c4ccc(C)cc4)c23)O1. The van der Waals surface area contributed by atoms with Crippen LogP contribution >= 0.6 is 0 Å². The lowest BCUT2D eigenvalue weighted by molar-refractivity contribution is 0.128. The standard InChI is InChI=1S/C33H39NO3SSi/c1-22(2)12-11-20-33(5)21-19-27-30-29(32(39(6,7)8)24(4)31(27)37-33)26-13-9-10-14-28(26)34(30)38(35,36)25-17-15-23(3)16-18-25/h9-10,12-19,21H,11,20H2,1-8H3. The van der Waals surface area contributed by atoms with Crippen LogP contribution in [0.15, 0.2) is 71.2 Å². The Balaban J connectivity index is 1.90. The first-order valence-electron chi connectivity index (χ1n) is 13.7. The molecule has 5 rings (SSSR count). The fourth-order valence-corrected chi connectivity index (χ4v) is 9.70. The normalized spacial score (nSPS) is 17.3. The highest BCUT2D eigenvalue weighted by Crippen LogP contribution is 2.44. The topological polar surface area (TPSA) is 48.3 Å². The summed E-state index contributed by atoms with van der Waals surface area (Å²) in [6.45, 7) is 17.5. The first-order valence-corrected chi connectivity index (χ1v) is 18.6. The van der Waals surface area contributed by atoms with E-state index in [-0.39, 0.29) is 4.90 Å². The quantitative estimate of drug-likeness (QED) is 0.178. The zero-order valence-electron chi connectivity index (χ0n) is 24.3. The van der Waals surface area contributed by atoms with Crippen molar-refractivity contribution in [3.05, 3.63) is 82.9 Å². The summed E-state index contributed by atoms with van der Waals surface area (Å²) in [7, 11) is -5.85. The molecule has 0 fully saturated rings. The Labute approximate surface area is 234 Å². The van der Waals surface area contributed by atoms with E-state index < -0.39 is 23.7 Å². The molecule has 1 aliphatic heterocycles. The van der Waals surface area contributed by atoms with E-state index in [1.54, 1.807) is 16.1 Å². The summed E-state index contributed by atoms with van der Waals surface area (Å²) in [5, 5.41) is 3.27. The maximum absolute atomic E-state index is 14.4. The molecule has 1 unspecified atom stereocenters. The van der Waals surface area contributed by atoms with Gasteiger partial charge < -0.3 is 4.74 Å². The van der Waals surface area contributed by atoms with Crippen LogP contribution in [0.5, 0.6) is 5.75 Å². The zero-order chi connectivity index (χ0) is 28.3. The van der Waals surface area contributed by atoms with Crippen LogP contribution in [-0.4, -0.2) is 26.1 Å². The molecule has 0 saturated heterocycles. The lowest BCUT2D eigenvalue weighted by atomic mass is 9.92. The monoisotopic (exact) mass is 557 g/mol. The average Bonchev–Trinajstić information content (AvgIpc) is 3.19. The van der Waals surface area contributed by atoms with Gasteiger partial charge in [-0.25, -0.2) is 12.4 Å². The number of benzene rings is 3. The second kappa shape index (κ2) is 9.53. The Kier molecular flexibility index (Phi) is 6.71. The fraction of sp³-hybridized carbons (Fsp3) is 0.333. The van der Waals surface area contributed by atoms with Crippen molar-refractivity contribution in [2.45, 2.75) is 77.6 Å². The molecule has 3 aromatic carbocycles. The number of aromatic nitrogens is 1. The number of hydrogen-bond acceptors (Lipinski definition) is 3. The van der Waals surface area contributed by atoms with Gasteiger partial charge in [0.1, 0.15) is 11.4 Å². The van der Waals surface area contributed by atoms with Gasteiger partial charge in [-0.05, 0) is 88.6 Å². The van der Waals surface area contributed by atoms with Crippen molar-refractivity contribution in [2.75, 3.05) is 0 Å². The summed E-state index contributed by atoms with van der Waals surface area (Å²) < 4.78 is 37.2. The van der Waals surface area contributed by atoms with Crippen LogP contribution in [0, 0.1) is 13.8 Å². The molecule has 0 saturated carbocycles. The van der Waals surface area contributed by atoms with Gasteiger partial charge in [-0.15, -0.1) is 0 Å². The molecule has 1 aliphatic rings. The Morgan fingerprint density at radius 1 is 1.03 bits per heavy atom. The molecule has 2 heterocycles. The van der Waals surface area contributed by atoms with E-state index in [9.17, 15) is 8.42 Å². The highest BCUT2D eigenvalue weighted by atomic mass is 32.2. The molecule has 1 atom stereocenters. The summed E-state index contributed by atoms with van der Waals surface area (Å²) >= 11 is 0. The van der Waals surface area contributed by atoms with Gasteiger partial charge in [0.05, 0.1) is 24.0 Å². The van der Waals surface area contributed by atoms with Gasteiger partial charge in [0, 0.05) is 16.3 Å². The third-order valence-corrected chi connectivity index (χ3v) is 11.6. The van der Waals surface area contributed by atoms with Gasteiger partial charge in [-0.1, -0.05) is 67.2 Å². The number of ether oxygens (including phenoxy) is 1. The van der Waals surface area contributed by atoms with Crippen molar-refractivity contribution in [1.29, 1.82) is 0 Å². The minimum absolute atomic E-state index is 0.284. The van der Waals surface area contributed by atoms with Crippen LogP contribution in [0.2, 0.25) is 19.6 Å². The van der Waals surface area contributed by atoms with Gasteiger partial charge in [0.2, 0.25) is 0 Å². The van der Waals surface area contributed by atoms with Gasteiger partial charge in [-0.3, -0.25) is 0 Å². The number of para-hydroxylation sites is 1. The van der Waals surface area contributed by atoms with Crippen molar-refractivity contribution in [3.8, 4) is 5.75 Å². The largest absolute Gasteiger partial charge is 0.482 e. The molecule has 39 heavy (non-hydrogen) atoms. The number of nitrogens with zero attached hydrogens (tertiary/aromatic N) is 1. The Morgan fingerprint density at radius 2 is 1.69 bits per heavy atom. The zero-order valence-corrected chi connectivity index (χ0v) is 26.2. The molecule has 0 bridgehead atoms. The van der Waals surface area contributed by atoms with Crippen molar-refractivity contribution in [2.24, 2.45) is 0 Å². The molecule has 1 aromatic heterocycles. The van der Waals surface area contributed by atoms with Gasteiger partial charge >= 0.3 is 0 Å². The predicted molar refractivity (Wildman–Crippen MR) is 168 cm³/mol. The van der Waals surface area contributed by atoms with Gasteiger partial charge in [-0.2, -0.15) is 0 Å². The molecule has 0 spiro atoms. The number of allylic oxidation sites excluding steroid dienone is 2. The maximum Gasteiger partial charge on any atom is 0.268 e. The van der Waals surface area contributed by atoms with E-state index in [1.807, 2.05) is 37.3 Å². The van der Waals surface area contributed by atoms with Crippen LogP contribution in [0.1, 0.15) is 50.3 Å².